The molecule has 5 rings (SSSR count). The fourth-order valence-electron chi connectivity index (χ4n) is 4.44. The van der Waals surface area contributed by atoms with Gasteiger partial charge < -0.3 is 0 Å². The minimum atomic E-state index is -3.92. The first kappa shape index (κ1) is 23.8. The van der Waals surface area contributed by atoms with Crippen LogP contribution in [0.2, 0.25) is 0 Å². The van der Waals surface area contributed by atoms with Gasteiger partial charge in [0, 0.05) is 12.5 Å². The molecule has 0 spiro atoms. The lowest BCUT2D eigenvalue weighted by molar-refractivity contribution is 0.499. The molecule has 0 aliphatic carbocycles. The molecule has 1 aliphatic rings. The highest BCUT2D eigenvalue weighted by molar-refractivity contribution is 7.89. The second-order valence-electron chi connectivity index (χ2n) is 8.89. The van der Waals surface area contributed by atoms with Crippen molar-refractivity contribution in [3.63, 3.8) is 0 Å². The van der Waals surface area contributed by atoms with Crippen LogP contribution in [-0.4, -0.2) is 19.3 Å². The van der Waals surface area contributed by atoms with E-state index in [1.165, 1.54) is 16.4 Å². The van der Waals surface area contributed by atoms with Crippen molar-refractivity contribution in [3.05, 3.63) is 149 Å². The van der Waals surface area contributed by atoms with E-state index in [-0.39, 0.29) is 23.2 Å². The SMILES string of the molecule is Cc1ccc(S(=O)(=O)N2CC(c3ccccc3)C=C(c3ccccc3)C=C2c2ccc(F)cc2)cc1. The molecule has 4 aromatic carbocycles. The summed E-state index contributed by atoms with van der Waals surface area (Å²) in [6.07, 6.45) is 4.02. The number of hydrogen-bond acceptors (Lipinski definition) is 2. The number of sulfonamides is 1. The van der Waals surface area contributed by atoms with E-state index in [1.807, 2.05) is 73.7 Å². The molecule has 3 nitrogen and oxygen atoms in total. The van der Waals surface area contributed by atoms with E-state index >= 15 is 0 Å². The van der Waals surface area contributed by atoms with Crippen LogP contribution in [0.1, 0.15) is 28.2 Å². The molecule has 0 saturated heterocycles. The lowest BCUT2D eigenvalue weighted by Crippen LogP contribution is -2.32. The smallest absolute Gasteiger partial charge is 0.264 e. The zero-order valence-corrected chi connectivity index (χ0v) is 20.7. The van der Waals surface area contributed by atoms with Gasteiger partial charge in [-0.1, -0.05) is 84.4 Å². The second-order valence-corrected chi connectivity index (χ2v) is 10.8. The van der Waals surface area contributed by atoms with Gasteiger partial charge in [-0.3, -0.25) is 4.31 Å². The molecular formula is C31H26FNO2S. The van der Waals surface area contributed by atoms with Crippen molar-refractivity contribution in [2.24, 2.45) is 0 Å². The highest BCUT2D eigenvalue weighted by atomic mass is 32.2. The average molecular weight is 496 g/mol. The van der Waals surface area contributed by atoms with E-state index in [9.17, 15) is 12.8 Å². The zero-order chi connectivity index (χ0) is 25.1. The summed E-state index contributed by atoms with van der Waals surface area (Å²) in [5.41, 5.74) is 5.02. The molecule has 36 heavy (non-hydrogen) atoms. The number of rotatable bonds is 5. The Kier molecular flexibility index (Phi) is 6.57. The molecule has 0 aromatic heterocycles. The van der Waals surface area contributed by atoms with Crippen molar-refractivity contribution >= 4 is 21.3 Å². The number of aryl methyl sites for hydroxylation is 1. The fourth-order valence-corrected chi connectivity index (χ4v) is 5.95. The summed E-state index contributed by atoms with van der Waals surface area (Å²) < 4.78 is 43.5. The average Bonchev–Trinajstić information content (AvgIpc) is 3.12. The van der Waals surface area contributed by atoms with Gasteiger partial charge in [0.05, 0.1) is 10.6 Å². The van der Waals surface area contributed by atoms with E-state index < -0.39 is 10.0 Å². The number of benzene rings is 4. The quantitative estimate of drug-likeness (QED) is 0.298. The van der Waals surface area contributed by atoms with Gasteiger partial charge in [-0.15, -0.1) is 0 Å². The second kappa shape index (κ2) is 9.96. The molecule has 0 fully saturated rings. The van der Waals surface area contributed by atoms with Crippen molar-refractivity contribution in [2.75, 3.05) is 6.54 Å². The number of allylic oxidation sites excluding steroid dienone is 2. The van der Waals surface area contributed by atoms with Crippen molar-refractivity contribution in [2.45, 2.75) is 17.7 Å². The van der Waals surface area contributed by atoms with Gasteiger partial charge in [0.1, 0.15) is 5.82 Å². The maximum atomic E-state index is 14.1. The normalized spacial score (nSPS) is 16.2. The number of hydrogen-bond donors (Lipinski definition) is 0. The molecule has 0 bridgehead atoms. The Morgan fingerprint density at radius 1 is 0.750 bits per heavy atom. The third-order valence-electron chi connectivity index (χ3n) is 6.39. The van der Waals surface area contributed by atoms with Gasteiger partial charge in [0.15, 0.2) is 0 Å². The summed E-state index contributed by atoms with van der Waals surface area (Å²) in [4.78, 5) is 0.219. The third-order valence-corrected chi connectivity index (χ3v) is 8.18. The van der Waals surface area contributed by atoms with Crippen LogP contribution in [0.15, 0.2) is 126 Å². The maximum Gasteiger partial charge on any atom is 0.264 e. The molecule has 1 atom stereocenters. The van der Waals surface area contributed by atoms with Gasteiger partial charge >= 0.3 is 0 Å². The minimum Gasteiger partial charge on any atom is -0.265 e. The standard InChI is InChI=1S/C31H26FNO2S/c1-23-12-18-30(19-13-23)36(34,35)33-22-28(25-10-6-3-7-11-25)20-27(24-8-4-2-5-9-24)21-31(33)26-14-16-29(32)17-15-26/h2-21,28H,22H2,1H3. The topological polar surface area (TPSA) is 37.4 Å². The van der Waals surface area contributed by atoms with Gasteiger partial charge in [-0.2, -0.15) is 0 Å². The van der Waals surface area contributed by atoms with E-state index in [0.29, 0.717) is 11.3 Å². The highest BCUT2D eigenvalue weighted by Crippen LogP contribution is 2.37. The molecule has 4 aromatic rings. The Labute approximate surface area is 211 Å². The Morgan fingerprint density at radius 2 is 1.36 bits per heavy atom. The Bertz CT molecular complexity index is 1510. The van der Waals surface area contributed by atoms with E-state index in [2.05, 4.69) is 6.08 Å². The van der Waals surface area contributed by atoms with E-state index in [0.717, 1.165) is 22.3 Å². The van der Waals surface area contributed by atoms with Crippen LogP contribution in [0, 0.1) is 12.7 Å². The van der Waals surface area contributed by atoms with Crippen LogP contribution in [0.3, 0.4) is 0 Å². The molecule has 180 valence electrons. The Hall–Kier alpha value is -3.96. The Balaban J connectivity index is 1.73. The molecule has 0 radical (unpaired) electrons. The van der Waals surface area contributed by atoms with Crippen LogP contribution in [-0.2, 0) is 10.0 Å². The lowest BCUT2D eigenvalue weighted by atomic mass is 9.94. The zero-order valence-electron chi connectivity index (χ0n) is 19.9. The van der Waals surface area contributed by atoms with Crippen molar-refractivity contribution < 1.29 is 12.8 Å². The van der Waals surface area contributed by atoms with E-state index in [1.54, 1.807) is 36.4 Å². The van der Waals surface area contributed by atoms with E-state index in [4.69, 9.17) is 0 Å². The highest BCUT2D eigenvalue weighted by Gasteiger charge is 2.32. The maximum absolute atomic E-state index is 14.1. The molecule has 1 unspecified atom stereocenters. The van der Waals surface area contributed by atoms with Crippen LogP contribution >= 0.6 is 0 Å². The summed E-state index contributed by atoms with van der Waals surface area (Å²) in [5, 5.41) is 0. The summed E-state index contributed by atoms with van der Waals surface area (Å²) in [6, 6.07) is 32.7. The predicted octanol–water partition coefficient (Wildman–Crippen LogP) is 7.05. The molecule has 0 N–H and O–H groups in total. The molecule has 1 aliphatic heterocycles. The first-order chi connectivity index (χ1) is 17.4. The first-order valence-electron chi connectivity index (χ1n) is 11.8. The number of halogens is 1. The largest absolute Gasteiger partial charge is 0.265 e. The summed E-state index contributed by atoms with van der Waals surface area (Å²) in [5.74, 6) is -0.572. The summed E-state index contributed by atoms with van der Waals surface area (Å²) in [6.45, 7) is 2.13. The van der Waals surface area contributed by atoms with Crippen LogP contribution in [0.25, 0.3) is 11.3 Å². The van der Waals surface area contributed by atoms with Crippen LogP contribution < -0.4 is 0 Å². The van der Waals surface area contributed by atoms with Gasteiger partial charge in [-0.05, 0) is 71.7 Å². The van der Waals surface area contributed by atoms with Crippen LogP contribution in [0.4, 0.5) is 4.39 Å². The summed E-state index contributed by atoms with van der Waals surface area (Å²) in [7, 11) is -3.92. The molecule has 1 heterocycles. The predicted molar refractivity (Wildman–Crippen MR) is 143 cm³/mol. The van der Waals surface area contributed by atoms with Gasteiger partial charge in [-0.25, -0.2) is 12.8 Å². The Morgan fingerprint density at radius 3 is 2.00 bits per heavy atom. The molecule has 5 heteroatoms. The molecule has 0 amide bonds. The van der Waals surface area contributed by atoms with Crippen molar-refractivity contribution in [3.8, 4) is 0 Å². The number of nitrogens with zero attached hydrogens (tertiary/aromatic N) is 1. The first-order valence-corrected chi connectivity index (χ1v) is 13.2. The minimum absolute atomic E-state index is 0.198. The molecular weight excluding hydrogens is 469 g/mol. The molecule has 0 saturated carbocycles. The fraction of sp³-hybridized carbons (Fsp3) is 0.0968. The van der Waals surface area contributed by atoms with Crippen molar-refractivity contribution in [1.82, 2.24) is 4.31 Å². The van der Waals surface area contributed by atoms with Crippen molar-refractivity contribution in [1.29, 1.82) is 0 Å². The monoisotopic (exact) mass is 495 g/mol. The third kappa shape index (κ3) is 4.88. The van der Waals surface area contributed by atoms with Gasteiger partial charge in [0.2, 0.25) is 0 Å². The lowest BCUT2D eigenvalue weighted by Gasteiger charge is -2.29. The summed E-state index contributed by atoms with van der Waals surface area (Å²) >= 11 is 0. The van der Waals surface area contributed by atoms with Crippen LogP contribution in [0.5, 0.6) is 0 Å². The van der Waals surface area contributed by atoms with Gasteiger partial charge in [0.25, 0.3) is 10.0 Å².